The van der Waals surface area contributed by atoms with Crippen LogP contribution in [0.3, 0.4) is 0 Å². The van der Waals surface area contributed by atoms with E-state index >= 15 is 0 Å². The number of aromatic hydroxyl groups is 1. The van der Waals surface area contributed by atoms with Crippen LogP contribution in [-0.4, -0.2) is 22.8 Å². The summed E-state index contributed by atoms with van der Waals surface area (Å²) in [5.74, 6) is -0.0641. The Kier molecular flexibility index (Phi) is 4.08. The number of hydrogen-bond acceptors (Lipinski definition) is 4. The molecule has 0 radical (unpaired) electrons. The van der Waals surface area contributed by atoms with Gasteiger partial charge >= 0.3 is 0 Å². The normalized spacial score (nSPS) is 12.1. The summed E-state index contributed by atoms with van der Waals surface area (Å²) in [5, 5.41) is 20.2. The molecule has 0 bridgehead atoms. The Labute approximate surface area is 87.2 Å². The SMILES string of the molecule is CC(=O)NCC(OO)c1ccc(O)cc1. The fourth-order valence-electron chi connectivity index (χ4n) is 1.14. The molecule has 5 heteroatoms. The van der Waals surface area contributed by atoms with Gasteiger partial charge in [0.1, 0.15) is 11.9 Å². The van der Waals surface area contributed by atoms with Gasteiger partial charge in [0.25, 0.3) is 0 Å². The van der Waals surface area contributed by atoms with Crippen LogP contribution in [0.5, 0.6) is 5.75 Å². The van der Waals surface area contributed by atoms with Gasteiger partial charge in [0, 0.05) is 6.92 Å². The second-order valence-electron chi connectivity index (χ2n) is 3.12. The smallest absolute Gasteiger partial charge is 0.216 e. The average molecular weight is 211 g/mol. The van der Waals surface area contributed by atoms with E-state index in [2.05, 4.69) is 10.2 Å². The van der Waals surface area contributed by atoms with E-state index in [1.54, 1.807) is 12.1 Å². The van der Waals surface area contributed by atoms with Gasteiger partial charge < -0.3 is 10.4 Å². The third-order valence-corrected chi connectivity index (χ3v) is 1.93. The van der Waals surface area contributed by atoms with Crippen LogP contribution in [0.4, 0.5) is 0 Å². The molecule has 1 atom stereocenters. The maximum Gasteiger partial charge on any atom is 0.216 e. The summed E-state index contributed by atoms with van der Waals surface area (Å²) >= 11 is 0. The lowest BCUT2D eigenvalue weighted by molar-refractivity contribution is -0.280. The Morgan fingerprint density at radius 1 is 1.47 bits per heavy atom. The Morgan fingerprint density at radius 3 is 2.53 bits per heavy atom. The van der Waals surface area contributed by atoms with E-state index in [0.717, 1.165) is 0 Å². The van der Waals surface area contributed by atoms with Crippen molar-refractivity contribution in [1.82, 2.24) is 5.32 Å². The number of rotatable bonds is 4. The van der Waals surface area contributed by atoms with Crippen LogP contribution >= 0.6 is 0 Å². The maximum atomic E-state index is 10.7. The molecule has 1 unspecified atom stereocenters. The van der Waals surface area contributed by atoms with Gasteiger partial charge in [0.05, 0.1) is 6.54 Å². The Hall–Kier alpha value is -1.59. The molecule has 0 heterocycles. The van der Waals surface area contributed by atoms with Gasteiger partial charge in [-0.15, -0.1) is 0 Å². The van der Waals surface area contributed by atoms with E-state index in [4.69, 9.17) is 10.4 Å². The van der Waals surface area contributed by atoms with E-state index in [1.165, 1.54) is 19.1 Å². The fraction of sp³-hybridized carbons (Fsp3) is 0.300. The van der Waals surface area contributed by atoms with Crippen LogP contribution in [0.2, 0.25) is 0 Å². The van der Waals surface area contributed by atoms with Crippen molar-refractivity contribution in [1.29, 1.82) is 0 Å². The molecule has 0 fully saturated rings. The molecule has 5 nitrogen and oxygen atoms in total. The second-order valence-corrected chi connectivity index (χ2v) is 3.12. The molecule has 1 aromatic carbocycles. The quantitative estimate of drug-likeness (QED) is 0.514. The average Bonchev–Trinajstić information content (AvgIpc) is 2.21. The van der Waals surface area contributed by atoms with Gasteiger partial charge in [-0.05, 0) is 17.7 Å². The molecule has 0 aromatic heterocycles. The molecule has 0 aliphatic heterocycles. The number of amides is 1. The highest BCUT2D eigenvalue weighted by atomic mass is 17.1. The zero-order valence-corrected chi connectivity index (χ0v) is 8.30. The standard InChI is InChI=1S/C10H13NO4/c1-7(12)11-6-10(15-14)8-2-4-9(13)5-3-8/h2-5,10,13-14H,6H2,1H3,(H,11,12). The van der Waals surface area contributed by atoms with Gasteiger partial charge in [-0.3, -0.25) is 10.1 Å². The van der Waals surface area contributed by atoms with Crippen molar-refractivity contribution in [2.45, 2.75) is 13.0 Å². The highest BCUT2D eigenvalue weighted by molar-refractivity contribution is 5.72. The third-order valence-electron chi connectivity index (χ3n) is 1.93. The molecular formula is C10H13NO4. The van der Waals surface area contributed by atoms with E-state index < -0.39 is 6.10 Å². The van der Waals surface area contributed by atoms with Gasteiger partial charge in [-0.1, -0.05) is 12.1 Å². The molecule has 1 amide bonds. The molecule has 1 aromatic rings. The molecule has 1 rings (SSSR count). The fourth-order valence-corrected chi connectivity index (χ4v) is 1.14. The Bertz CT molecular complexity index is 323. The molecule has 0 aliphatic rings. The molecule has 15 heavy (non-hydrogen) atoms. The van der Waals surface area contributed by atoms with Gasteiger partial charge in [-0.2, -0.15) is 0 Å². The first-order valence-corrected chi connectivity index (χ1v) is 4.47. The monoisotopic (exact) mass is 211 g/mol. The number of nitrogens with one attached hydrogen (secondary N) is 1. The summed E-state index contributed by atoms with van der Waals surface area (Å²) in [4.78, 5) is 14.9. The minimum atomic E-state index is -0.630. The number of phenols is 1. The summed E-state index contributed by atoms with van der Waals surface area (Å²) in [6.45, 7) is 1.56. The van der Waals surface area contributed by atoms with Gasteiger partial charge in [0.2, 0.25) is 5.91 Å². The van der Waals surface area contributed by atoms with Crippen molar-refractivity contribution in [3.63, 3.8) is 0 Å². The molecule has 0 spiro atoms. The van der Waals surface area contributed by atoms with E-state index in [-0.39, 0.29) is 18.2 Å². The zero-order valence-electron chi connectivity index (χ0n) is 8.30. The number of phenolic OH excluding ortho intramolecular Hbond substituents is 1. The molecule has 0 saturated heterocycles. The van der Waals surface area contributed by atoms with Crippen molar-refractivity contribution < 1.29 is 20.0 Å². The molecule has 82 valence electrons. The second kappa shape index (κ2) is 5.33. The first kappa shape index (κ1) is 11.5. The highest BCUT2D eigenvalue weighted by Crippen LogP contribution is 2.18. The van der Waals surface area contributed by atoms with Crippen LogP contribution in [0.15, 0.2) is 24.3 Å². The first-order chi connectivity index (χ1) is 7.13. The summed E-state index contributed by atoms with van der Waals surface area (Å²) in [6.07, 6.45) is -0.630. The van der Waals surface area contributed by atoms with E-state index in [0.29, 0.717) is 5.56 Å². The topological polar surface area (TPSA) is 78.8 Å². The zero-order chi connectivity index (χ0) is 11.3. The lowest BCUT2D eigenvalue weighted by Crippen LogP contribution is -2.26. The molecule has 0 saturated carbocycles. The first-order valence-electron chi connectivity index (χ1n) is 4.47. The summed E-state index contributed by atoms with van der Waals surface area (Å²) < 4.78 is 0. The number of benzene rings is 1. The summed E-state index contributed by atoms with van der Waals surface area (Å²) in [5.41, 5.74) is 0.670. The molecule has 0 aliphatic carbocycles. The number of carbonyl (C=O) groups excluding carboxylic acids is 1. The number of hydrogen-bond donors (Lipinski definition) is 3. The van der Waals surface area contributed by atoms with Crippen molar-refractivity contribution in [2.75, 3.05) is 6.54 Å². The predicted octanol–water partition coefficient (Wildman–Crippen LogP) is 1.06. The third kappa shape index (κ3) is 3.57. The Morgan fingerprint density at radius 2 is 2.07 bits per heavy atom. The highest BCUT2D eigenvalue weighted by Gasteiger charge is 2.12. The predicted molar refractivity (Wildman–Crippen MR) is 53.2 cm³/mol. The van der Waals surface area contributed by atoms with Crippen molar-refractivity contribution in [3.8, 4) is 5.75 Å². The van der Waals surface area contributed by atoms with Crippen LogP contribution in [0, 0.1) is 0 Å². The maximum absolute atomic E-state index is 10.7. The molecular weight excluding hydrogens is 198 g/mol. The minimum Gasteiger partial charge on any atom is -0.508 e. The lowest BCUT2D eigenvalue weighted by atomic mass is 10.1. The van der Waals surface area contributed by atoms with Crippen LogP contribution < -0.4 is 5.32 Å². The van der Waals surface area contributed by atoms with Crippen LogP contribution in [-0.2, 0) is 9.68 Å². The summed E-state index contributed by atoms with van der Waals surface area (Å²) in [6, 6.07) is 6.18. The Balaban J connectivity index is 2.65. The van der Waals surface area contributed by atoms with Crippen LogP contribution in [0.1, 0.15) is 18.6 Å². The largest absolute Gasteiger partial charge is 0.508 e. The van der Waals surface area contributed by atoms with Crippen LogP contribution in [0.25, 0.3) is 0 Å². The summed E-state index contributed by atoms with van der Waals surface area (Å²) in [7, 11) is 0. The van der Waals surface area contributed by atoms with E-state index in [1.807, 2.05) is 0 Å². The number of carbonyl (C=O) groups is 1. The van der Waals surface area contributed by atoms with Crippen molar-refractivity contribution in [2.24, 2.45) is 0 Å². The minimum absolute atomic E-state index is 0.134. The lowest BCUT2D eigenvalue weighted by Gasteiger charge is -2.13. The van der Waals surface area contributed by atoms with E-state index in [9.17, 15) is 4.79 Å². The van der Waals surface area contributed by atoms with Gasteiger partial charge in [0.15, 0.2) is 0 Å². The van der Waals surface area contributed by atoms with Crippen molar-refractivity contribution in [3.05, 3.63) is 29.8 Å². The van der Waals surface area contributed by atoms with Crippen molar-refractivity contribution >= 4 is 5.91 Å². The molecule has 3 N–H and O–H groups in total. The van der Waals surface area contributed by atoms with Gasteiger partial charge in [-0.25, -0.2) is 4.89 Å².